The van der Waals surface area contributed by atoms with E-state index in [4.69, 9.17) is 0 Å². The highest BCUT2D eigenvalue weighted by Gasteiger charge is 2.52. The Morgan fingerprint density at radius 1 is 1.00 bits per heavy atom. The van der Waals surface area contributed by atoms with Crippen LogP contribution in [0.25, 0.3) is 0 Å². The molecule has 4 amide bonds. The smallest absolute Gasteiger partial charge is 0.325 e. The summed E-state index contributed by atoms with van der Waals surface area (Å²) >= 11 is 0. The zero-order valence-electron chi connectivity index (χ0n) is 18.2. The Hall–Kier alpha value is -3.41. The van der Waals surface area contributed by atoms with E-state index >= 15 is 0 Å². The molecule has 0 bridgehead atoms. The summed E-state index contributed by atoms with van der Waals surface area (Å²) in [6, 6.07) is 18.3. The Morgan fingerprint density at radius 3 is 2.41 bits per heavy atom. The molecule has 6 heteroatoms. The van der Waals surface area contributed by atoms with Crippen LogP contribution in [0.1, 0.15) is 43.2 Å². The molecule has 1 atom stereocenters. The second kappa shape index (κ2) is 9.81. The maximum atomic E-state index is 13.6. The van der Waals surface area contributed by atoms with E-state index in [1.165, 1.54) is 18.4 Å². The first kappa shape index (κ1) is 21.8. The van der Waals surface area contributed by atoms with Crippen LogP contribution < -0.4 is 10.6 Å². The third-order valence-electron chi connectivity index (χ3n) is 6.21. The minimum atomic E-state index is -1.23. The second-order valence-electron chi connectivity index (χ2n) is 8.46. The van der Waals surface area contributed by atoms with Crippen LogP contribution in [-0.2, 0) is 21.5 Å². The van der Waals surface area contributed by atoms with Gasteiger partial charge in [0.15, 0.2) is 5.54 Å². The fraction of sp³-hybridized carbons (Fsp3) is 0.346. The van der Waals surface area contributed by atoms with Crippen molar-refractivity contribution in [2.45, 2.75) is 44.1 Å². The standard InChI is InChI=1S/C26H29N3O3/c30-23(27-17-16-20-10-4-1-5-11-20)19-29-24(31)26(28-25(29)32,22-14-8-3-9-15-22)18-21-12-6-2-7-13-21/h2-3,6-10,12-15H,1,4-5,11,16-19H2,(H,27,30)(H,28,32). The van der Waals surface area contributed by atoms with Crippen molar-refractivity contribution in [3.05, 3.63) is 83.4 Å². The van der Waals surface area contributed by atoms with E-state index in [1.54, 1.807) is 0 Å². The number of urea groups is 1. The lowest BCUT2D eigenvalue weighted by molar-refractivity contribution is -0.135. The number of benzene rings is 2. The van der Waals surface area contributed by atoms with Crippen molar-refractivity contribution in [2.24, 2.45) is 0 Å². The van der Waals surface area contributed by atoms with Crippen LogP contribution in [0.15, 0.2) is 72.3 Å². The van der Waals surface area contributed by atoms with E-state index in [0.717, 1.165) is 29.7 Å². The molecule has 1 fully saturated rings. The minimum Gasteiger partial charge on any atom is -0.354 e. The fourth-order valence-electron chi connectivity index (χ4n) is 4.51. The van der Waals surface area contributed by atoms with E-state index < -0.39 is 17.5 Å². The largest absolute Gasteiger partial charge is 0.354 e. The summed E-state index contributed by atoms with van der Waals surface area (Å²) in [5, 5.41) is 5.75. The minimum absolute atomic E-state index is 0.285. The number of imide groups is 1. The Labute approximate surface area is 188 Å². The zero-order valence-corrected chi connectivity index (χ0v) is 18.2. The molecule has 1 aliphatic carbocycles. The summed E-state index contributed by atoms with van der Waals surface area (Å²) in [5.74, 6) is -0.726. The topological polar surface area (TPSA) is 78.5 Å². The van der Waals surface area contributed by atoms with Crippen LogP contribution >= 0.6 is 0 Å². The molecular weight excluding hydrogens is 402 g/mol. The molecule has 1 heterocycles. The molecule has 6 nitrogen and oxygen atoms in total. The average molecular weight is 432 g/mol. The van der Waals surface area contributed by atoms with Crippen LogP contribution in [0.5, 0.6) is 0 Å². The van der Waals surface area contributed by atoms with Gasteiger partial charge in [0.1, 0.15) is 6.54 Å². The third-order valence-corrected chi connectivity index (χ3v) is 6.21. The number of rotatable bonds is 8. The lowest BCUT2D eigenvalue weighted by Gasteiger charge is -2.27. The van der Waals surface area contributed by atoms with Gasteiger partial charge >= 0.3 is 6.03 Å². The van der Waals surface area contributed by atoms with Crippen LogP contribution in [-0.4, -0.2) is 35.8 Å². The summed E-state index contributed by atoms with van der Waals surface area (Å²) in [4.78, 5) is 39.9. The molecule has 4 rings (SSSR count). The molecule has 2 aromatic rings. The van der Waals surface area contributed by atoms with E-state index in [9.17, 15) is 14.4 Å². The van der Waals surface area contributed by atoms with Crippen molar-refractivity contribution in [1.82, 2.24) is 15.5 Å². The van der Waals surface area contributed by atoms with Crippen LogP contribution in [0.3, 0.4) is 0 Å². The monoisotopic (exact) mass is 431 g/mol. The number of hydrogen-bond donors (Lipinski definition) is 2. The molecule has 0 saturated carbocycles. The van der Waals surface area contributed by atoms with Crippen LogP contribution in [0, 0.1) is 0 Å². The number of amides is 4. The number of nitrogens with one attached hydrogen (secondary N) is 2. The van der Waals surface area contributed by atoms with E-state index in [2.05, 4.69) is 16.7 Å². The van der Waals surface area contributed by atoms with Crippen molar-refractivity contribution < 1.29 is 14.4 Å². The summed E-state index contributed by atoms with van der Waals surface area (Å²) in [5.41, 5.74) is 1.77. The average Bonchev–Trinajstić information content (AvgIpc) is 3.06. The normalized spacial score (nSPS) is 20.6. The van der Waals surface area contributed by atoms with Gasteiger partial charge in [0.2, 0.25) is 5.91 Å². The van der Waals surface area contributed by atoms with Crippen LogP contribution in [0.4, 0.5) is 4.79 Å². The van der Waals surface area contributed by atoms with Gasteiger partial charge in [-0.15, -0.1) is 0 Å². The van der Waals surface area contributed by atoms with Gasteiger partial charge in [-0.2, -0.15) is 0 Å². The Bertz CT molecular complexity index is 1000. The van der Waals surface area contributed by atoms with Gasteiger partial charge in [-0.1, -0.05) is 72.3 Å². The van der Waals surface area contributed by atoms with Gasteiger partial charge in [0.25, 0.3) is 5.91 Å². The zero-order chi connectivity index (χ0) is 22.4. The number of nitrogens with zero attached hydrogens (tertiary/aromatic N) is 1. The van der Waals surface area contributed by atoms with Gasteiger partial charge < -0.3 is 10.6 Å². The molecule has 32 heavy (non-hydrogen) atoms. The molecule has 0 aromatic heterocycles. The highest BCUT2D eigenvalue weighted by atomic mass is 16.2. The quantitative estimate of drug-likeness (QED) is 0.494. The number of carbonyl (C=O) groups is 3. The Kier molecular flexibility index (Phi) is 6.69. The van der Waals surface area contributed by atoms with Gasteiger partial charge in [0.05, 0.1) is 0 Å². The predicted molar refractivity (Wildman–Crippen MR) is 123 cm³/mol. The molecule has 166 valence electrons. The van der Waals surface area contributed by atoms with Crippen molar-refractivity contribution >= 4 is 17.8 Å². The summed E-state index contributed by atoms with van der Waals surface area (Å²) < 4.78 is 0. The van der Waals surface area contributed by atoms with E-state index in [-0.39, 0.29) is 12.5 Å². The van der Waals surface area contributed by atoms with Gasteiger partial charge in [-0.25, -0.2) is 4.79 Å². The van der Waals surface area contributed by atoms with Crippen molar-refractivity contribution in [2.75, 3.05) is 13.1 Å². The van der Waals surface area contributed by atoms with Gasteiger partial charge in [0, 0.05) is 13.0 Å². The van der Waals surface area contributed by atoms with E-state index in [1.807, 2.05) is 60.7 Å². The summed E-state index contributed by atoms with van der Waals surface area (Å²) in [6.07, 6.45) is 8.00. The van der Waals surface area contributed by atoms with Gasteiger partial charge in [-0.05, 0) is 43.2 Å². The predicted octanol–water partition coefficient (Wildman–Crippen LogP) is 3.68. The molecule has 0 spiro atoms. The molecule has 1 saturated heterocycles. The SMILES string of the molecule is O=C(CN1C(=O)NC(Cc2ccccc2)(c2ccccc2)C1=O)NCCC1=CCCCC1. The highest BCUT2D eigenvalue weighted by molar-refractivity contribution is 6.09. The molecular formula is C26H29N3O3. The van der Waals surface area contributed by atoms with Gasteiger partial charge in [-0.3, -0.25) is 14.5 Å². The van der Waals surface area contributed by atoms with E-state index in [0.29, 0.717) is 18.5 Å². The first-order chi connectivity index (χ1) is 15.6. The first-order valence-electron chi connectivity index (χ1n) is 11.3. The first-order valence-corrected chi connectivity index (χ1v) is 11.3. The molecule has 2 N–H and O–H groups in total. The lowest BCUT2D eigenvalue weighted by atomic mass is 9.83. The molecule has 0 radical (unpaired) electrons. The van der Waals surface area contributed by atoms with Crippen molar-refractivity contribution in [3.8, 4) is 0 Å². The maximum absolute atomic E-state index is 13.6. The summed E-state index contributed by atoms with van der Waals surface area (Å²) in [7, 11) is 0. The Morgan fingerprint density at radius 2 is 1.72 bits per heavy atom. The molecule has 1 unspecified atom stereocenters. The third kappa shape index (κ3) is 4.74. The molecule has 1 aliphatic heterocycles. The van der Waals surface area contributed by atoms with Crippen molar-refractivity contribution in [1.29, 1.82) is 0 Å². The van der Waals surface area contributed by atoms with Crippen LogP contribution in [0.2, 0.25) is 0 Å². The highest BCUT2D eigenvalue weighted by Crippen LogP contribution is 2.33. The number of carbonyl (C=O) groups excluding carboxylic acids is 3. The number of hydrogen-bond acceptors (Lipinski definition) is 3. The summed E-state index contributed by atoms with van der Waals surface area (Å²) in [6.45, 7) is 0.231. The maximum Gasteiger partial charge on any atom is 0.325 e. The Balaban J connectivity index is 1.47. The fourth-order valence-corrected chi connectivity index (χ4v) is 4.51. The molecule has 2 aliphatic rings. The second-order valence-corrected chi connectivity index (χ2v) is 8.46. The number of allylic oxidation sites excluding steroid dienone is 1. The lowest BCUT2D eigenvalue weighted by Crippen LogP contribution is -2.47. The molecule has 2 aromatic carbocycles. The van der Waals surface area contributed by atoms with Crippen molar-refractivity contribution in [3.63, 3.8) is 0 Å².